The summed E-state index contributed by atoms with van der Waals surface area (Å²) >= 11 is 6.04. The van der Waals surface area contributed by atoms with Crippen LogP contribution in [0.2, 0.25) is 5.02 Å². The van der Waals surface area contributed by atoms with E-state index < -0.39 is 5.97 Å². The lowest BCUT2D eigenvalue weighted by Crippen LogP contribution is -2.40. The first-order chi connectivity index (χ1) is 19.0. The first-order valence-electron chi connectivity index (χ1n) is 14.0. The average molecular weight is 544 g/mol. The molecule has 2 heterocycles. The van der Waals surface area contributed by atoms with E-state index in [0.29, 0.717) is 6.04 Å². The summed E-state index contributed by atoms with van der Waals surface area (Å²) in [6.07, 6.45) is 8.23. The molecule has 39 heavy (non-hydrogen) atoms. The number of benzene rings is 3. The van der Waals surface area contributed by atoms with Gasteiger partial charge in [0, 0.05) is 29.7 Å². The second-order valence-electron chi connectivity index (χ2n) is 10.9. The number of hydrogen-bond acceptors (Lipinski definition) is 4. The first kappa shape index (κ1) is 25.9. The normalized spacial score (nSPS) is 18.8. The molecule has 3 aromatic carbocycles. The lowest BCUT2D eigenvalue weighted by atomic mass is 9.95. The summed E-state index contributed by atoms with van der Waals surface area (Å²) in [7, 11) is 0. The number of nitrogens with zero attached hydrogens (tertiary/aromatic N) is 3. The van der Waals surface area contributed by atoms with E-state index in [-0.39, 0.29) is 11.7 Å². The molecule has 2 aliphatic rings. The van der Waals surface area contributed by atoms with Gasteiger partial charge in [0.05, 0.1) is 16.6 Å². The fourth-order valence-electron chi connectivity index (χ4n) is 6.12. The van der Waals surface area contributed by atoms with E-state index in [1.54, 1.807) is 12.1 Å². The number of carbonyl (C=O) groups is 1. The number of halogens is 1. The van der Waals surface area contributed by atoms with E-state index in [9.17, 15) is 9.90 Å². The van der Waals surface area contributed by atoms with E-state index in [1.807, 2.05) is 30.3 Å². The molecule has 0 radical (unpaired) electrons. The monoisotopic (exact) mass is 543 g/mol. The molecule has 202 valence electrons. The van der Waals surface area contributed by atoms with Crippen molar-refractivity contribution in [2.24, 2.45) is 0 Å². The molecule has 1 atom stereocenters. The molecule has 1 aromatic heterocycles. The van der Waals surface area contributed by atoms with Crippen molar-refractivity contribution in [2.45, 2.75) is 63.6 Å². The van der Waals surface area contributed by atoms with Crippen LogP contribution in [0, 0.1) is 0 Å². The number of aromatic carboxylic acids is 1. The Morgan fingerprint density at radius 2 is 1.72 bits per heavy atom. The lowest BCUT2D eigenvalue weighted by molar-refractivity contribution is 0.0697. The molecule has 4 aromatic rings. The minimum atomic E-state index is -0.929. The van der Waals surface area contributed by atoms with Gasteiger partial charge in [0.25, 0.3) is 0 Å². The molecule has 1 aliphatic carbocycles. The van der Waals surface area contributed by atoms with Crippen LogP contribution >= 0.6 is 11.6 Å². The van der Waals surface area contributed by atoms with Crippen LogP contribution in [0.5, 0.6) is 5.75 Å². The largest absolute Gasteiger partial charge is 0.489 e. The SMILES string of the molecule is O=C(O)c1ccc2c(c1)nc(-c1ccc(OC3CCCN(Cc4ccc(Cl)cc4)C3)cc1)n2C1CCCCC1. The Kier molecular flexibility index (Phi) is 7.58. The molecule has 6 nitrogen and oxygen atoms in total. The molecule has 0 amide bonds. The Hall–Kier alpha value is -3.35. The maximum atomic E-state index is 11.6. The van der Waals surface area contributed by atoms with Gasteiger partial charge in [-0.2, -0.15) is 0 Å². The van der Waals surface area contributed by atoms with E-state index >= 15 is 0 Å². The van der Waals surface area contributed by atoms with Crippen LogP contribution in [-0.4, -0.2) is 44.7 Å². The van der Waals surface area contributed by atoms with Crippen LogP contribution in [0.3, 0.4) is 0 Å². The van der Waals surface area contributed by atoms with E-state index in [1.165, 1.54) is 24.8 Å². The smallest absolute Gasteiger partial charge is 0.335 e. The van der Waals surface area contributed by atoms with Crippen molar-refractivity contribution in [1.29, 1.82) is 0 Å². The molecule has 6 rings (SSSR count). The summed E-state index contributed by atoms with van der Waals surface area (Å²) in [5.74, 6) is 0.838. The van der Waals surface area contributed by atoms with Gasteiger partial charge in [-0.1, -0.05) is 43.0 Å². The second-order valence-corrected chi connectivity index (χ2v) is 11.3. The number of piperidine rings is 1. The van der Waals surface area contributed by atoms with E-state index in [2.05, 4.69) is 33.7 Å². The minimum Gasteiger partial charge on any atom is -0.489 e. The molecule has 1 aliphatic heterocycles. The molecule has 1 N–H and O–H groups in total. The van der Waals surface area contributed by atoms with Crippen LogP contribution in [-0.2, 0) is 6.54 Å². The van der Waals surface area contributed by atoms with Crippen LogP contribution < -0.4 is 4.74 Å². The average Bonchev–Trinajstić information content (AvgIpc) is 3.34. The molecule has 1 unspecified atom stereocenters. The third kappa shape index (κ3) is 5.82. The predicted molar refractivity (Wildman–Crippen MR) is 155 cm³/mol. The zero-order valence-corrected chi connectivity index (χ0v) is 22.8. The van der Waals surface area contributed by atoms with Gasteiger partial charge in [0.15, 0.2) is 0 Å². The molecular formula is C32H34ClN3O3. The topological polar surface area (TPSA) is 67.6 Å². The van der Waals surface area contributed by atoms with Gasteiger partial charge < -0.3 is 14.4 Å². The number of carboxylic acids is 1. The molecule has 1 saturated heterocycles. The van der Waals surface area contributed by atoms with Crippen LogP contribution in [0.25, 0.3) is 22.4 Å². The third-order valence-corrected chi connectivity index (χ3v) is 8.33. The first-order valence-corrected chi connectivity index (χ1v) is 14.4. The summed E-state index contributed by atoms with van der Waals surface area (Å²) in [4.78, 5) is 19.0. The Bertz CT molecular complexity index is 1440. The van der Waals surface area contributed by atoms with Crippen molar-refractivity contribution in [3.05, 3.63) is 82.9 Å². The van der Waals surface area contributed by atoms with Gasteiger partial charge in [0.2, 0.25) is 0 Å². The zero-order valence-electron chi connectivity index (χ0n) is 22.1. The highest BCUT2D eigenvalue weighted by Crippen LogP contribution is 2.36. The lowest BCUT2D eigenvalue weighted by Gasteiger charge is -2.33. The van der Waals surface area contributed by atoms with Crippen molar-refractivity contribution >= 4 is 28.6 Å². The number of rotatable bonds is 7. The maximum absolute atomic E-state index is 11.6. The molecule has 7 heteroatoms. The molecular weight excluding hydrogens is 510 g/mol. The molecule has 0 bridgehead atoms. The van der Waals surface area contributed by atoms with Crippen molar-refractivity contribution in [1.82, 2.24) is 14.5 Å². The number of fused-ring (bicyclic) bond motifs is 1. The third-order valence-electron chi connectivity index (χ3n) is 8.07. The van der Waals surface area contributed by atoms with E-state index in [0.717, 1.165) is 78.5 Å². The summed E-state index contributed by atoms with van der Waals surface area (Å²) in [5, 5.41) is 10.3. The molecule has 2 fully saturated rings. The Morgan fingerprint density at radius 1 is 0.949 bits per heavy atom. The molecule has 0 spiro atoms. The minimum absolute atomic E-state index is 0.151. The number of imidazole rings is 1. The van der Waals surface area contributed by atoms with Gasteiger partial charge in [-0.05, 0) is 92.4 Å². The van der Waals surface area contributed by atoms with Gasteiger partial charge in [-0.3, -0.25) is 4.90 Å². The van der Waals surface area contributed by atoms with Crippen LogP contribution in [0.4, 0.5) is 0 Å². The highest BCUT2D eigenvalue weighted by Gasteiger charge is 2.24. The zero-order chi connectivity index (χ0) is 26.8. The predicted octanol–water partition coefficient (Wildman–Crippen LogP) is 7.60. The summed E-state index contributed by atoms with van der Waals surface area (Å²) in [6.45, 7) is 2.87. The Morgan fingerprint density at radius 3 is 2.46 bits per heavy atom. The van der Waals surface area contributed by atoms with Crippen molar-refractivity contribution in [3.63, 3.8) is 0 Å². The quantitative estimate of drug-likeness (QED) is 0.260. The highest BCUT2D eigenvalue weighted by molar-refractivity contribution is 6.30. The summed E-state index contributed by atoms with van der Waals surface area (Å²) < 4.78 is 8.76. The standard InChI is InChI=1S/C32H34ClN3O3/c33-25-13-8-22(9-14-25)20-35-18-4-7-28(21-35)39-27-15-10-23(11-16-27)31-34-29-19-24(32(37)38)12-17-30(29)36(31)26-5-2-1-3-6-26/h8-17,19,26,28H,1-7,18,20-21H2,(H,37,38). The number of aromatic nitrogens is 2. The van der Waals surface area contributed by atoms with Crippen LogP contribution in [0.1, 0.15) is 66.9 Å². The highest BCUT2D eigenvalue weighted by atomic mass is 35.5. The van der Waals surface area contributed by atoms with Gasteiger partial charge in [-0.15, -0.1) is 0 Å². The second kappa shape index (κ2) is 11.4. The fourth-order valence-corrected chi connectivity index (χ4v) is 6.25. The fraction of sp³-hybridized carbons (Fsp3) is 0.375. The van der Waals surface area contributed by atoms with Crippen molar-refractivity contribution in [2.75, 3.05) is 13.1 Å². The Balaban J connectivity index is 1.20. The van der Waals surface area contributed by atoms with Gasteiger partial charge in [0.1, 0.15) is 17.7 Å². The number of hydrogen-bond donors (Lipinski definition) is 1. The van der Waals surface area contributed by atoms with Crippen molar-refractivity contribution < 1.29 is 14.6 Å². The van der Waals surface area contributed by atoms with Gasteiger partial charge >= 0.3 is 5.97 Å². The maximum Gasteiger partial charge on any atom is 0.335 e. The number of carboxylic acid groups (broad SMARTS) is 1. The van der Waals surface area contributed by atoms with Crippen LogP contribution in [0.15, 0.2) is 66.7 Å². The summed E-state index contributed by atoms with van der Waals surface area (Å²) in [5.41, 5.74) is 4.29. The van der Waals surface area contributed by atoms with E-state index in [4.69, 9.17) is 21.3 Å². The van der Waals surface area contributed by atoms with Gasteiger partial charge in [-0.25, -0.2) is 9.78 Å². The number of likely N-dealkylation sites (tertiary alicyclic amines) is 1. The molecule has 1 saturated carbocycles. The van der Waals surface area contributed by atoms with Crippen molar-refractivity contribution in [3.8, 4) is 17.1 Å². The summed E-state index contributed by atoms with van der Waals surface area (Å²) in [6, 6.07) is 22.0. The number of ether oxygens (including phenoxy) is 1. The Labute approximate surface area is 234 Å².